The van der Waals surface area contributed by atoms with Crippen molar-refractivity contribution in [2.24, 2.45) is 0 Å². The molecule has 2 aromatic carbocycles. The van der Waals surface area contributed by atoms with Gasteiger partial charge in [0, 0.05) is 12.0 Å². The zero-order valence-corrected chi connectivity index (χ0v) is 18.0. The van der Waals surface area contributed by atoms with Crippen molar-refractivity contribution in [2.45, 2.75) is 56.6 Å². The molecule has 1 aliphatic rings. The molecule has 7 heteroatoms. The predicted molar refractivity (Wildman–Crippen MR) is 111 cm³/mol. The zero-order chi connectivity index (χ0) is 21.2. The van der Waals surface area contributed by atoms with Gasteiger partial charge in [-0.15, -0.1) is 0 Å². The molecular weight excluding hydrogens is 390 g/mol. The fourth-order valence-corrected chi connectivity index (χ4v) is 5.28. The first-order valence-electron chi connectivity index (χ1n) is 9.74. The molecule has 0 spiro atoms. The molecule has 0 fully saturated rings. The van der Waals surface area contributed by atoms with Gasteiger partial charge in [0.15, 0.2) is 0 Å². The van der Waals surface area contributed by atoms with E-state index in [1.54, 1.807) is 19.1 Å². The number of fused-ring (bicyclic) bond motifs is 1. The molecule has 0 aromatic heterocycles. The Morgan fingerprint density at radius 3 is 2.55 bits per heavy atom. The smallest absolute Gasteiger partial charge is 0.337 e. The van der Waals surface area contributed by atoms with Crippen LogP contribution in [0.4, 0.5) is 0 Å². The molecule has 0 saturated carbocycles. The fourth-order valence-electron chi connectivity index (χ4n) is 3.79. The quantitative estimate of drug-likeness (QED) is 0.715. The van der Waals surface area contributed by atoms with Gasteiger partial charge in [-0.25, -0.2) is 17.9 Å². The van der Waals surface area contributed by atoms with E-state index >= 15 is 0 Å². The normalized spacial score (nSPS) is 17.9. The van der Waals surface area contributed by atoms with Crippen LogP contribution in [0.3, 0.4) is 0 Å². The number of nitrogens with one attached hydrogen (secondary N) is 1. The van der Waals surface area contributed by atoms with E-state index in [-0.39, 0.29) is 10.5 Å². The molecule has 3 rings (SSSR count). The van der Waals surface area contributed by atoms with Crippen LogP contribution in [0.15, 0.2) is 47.4 Å². The third-order valence-corrected chi connectivity index (χ3v) is 7.30. The largest absolute Gasteiger partial charge is 0.487 e. The molecule has 0 aliphatic carbocycles. The highest BCUT2D eigenvalue weighted by molar-refractivity contribution is 7.89. The van der Waals surface area contributed by atoms with Gasteiger partial charge in [-0.1, -0.05) is 38.1 Å². The first-order chi connectivity index (χ1) is 13.7. The molecule has 156 valence electrons. The number of carbonyl (C=O) groups is 1. The number of hydrogen-bond acceptors (Lipinski definition) is 5. The summed E-state index contributed by atoms with van der Waals surface area (Å²) in [7, 11) is -2.61. The average Bonchev–Trinajstić information content (AvgIpc) is 2.72. The van der Waals surface area contributed by atoms with E-state index in [1.807, 2.05) is 38.1 Å². The monoisotopic (exact) mass is 417 g/mol. The van der Waals surface area contributed by atoms with Crippen LogP contribution in [0, 0.1) is 6.92 Å². The Bertz CT molecular complexity index is 1010. The molecule has 1 aliphatic heterocycles. The maximum Gasteiger partial charge on any atom is 0.337 e. The van der Waals surface area contributed by atoms with Crippen molar-refractivity contribution in [1.29, 1.82) is 0 Å². The molecule has 0 unspecified atom stereocenters. The second-order valence-electron chi connectivity index (χ2n) is 7.38. The summed E-state index contributed by atoms with van der Waals surface area (Å²) in [6.07, 6.45) is 2.08. The third kappa shape index (κ3) is 4.16. The van der Waals surface area contributed by atoms with Gasteiger partial charge in [-0.2, -0.15) is 0 Å². The summed E-state index contributed by atoms with van der Waals surface area (Å²) in [5, 5.41) is 0. The molecule has 6 nitrogen and oxygen atoms in total. The maximum absolute atomic E-state index is 13.3. The van der Waals surface area contributed by atoms with Crippen molar-refractivity contribution in [1.82, 2.24) is 4.72 Å². The standard InChI is InChI=1S/C22H27NO5S/c1-5-22(6-2)14-18(17-9-7-8-10-19(17)28-22)23-29(25,26)20-13-16(21(24)27-4)12-11-15(20)3/h7-13,18,23H,5-6,14H2,1-4H3/t18-/m1/s1. The number of benzene rings is 2. The van der Waals surface area contributed by atoms with E-state index in [0.29, 0.717) is 17.7 Å². The van der Waals surface area contributed by atoms with E-state index in [9.17, 15) is 13.2 Å². The Labute approximate surface area is 172 Å². The molecule has 2 aromatic rings. The molecule has 1 atom stereocenters. The number of para-hydroxylation sites is 1. The van der Waals surface area contributed by atoms with Gasteiger partial charge in [0.05, 0.1) is 23.6 Å². The summed E-state index contributed by atoms with van der Waals surface area (Å²) in [4.78, 5) is 11.9. The molecule has 0 amide bonds. The zero-order valence-electron chi connectivity index (χ0n) is 17.2. The van der Waals surface area contributed by atoms with Crippen LogP contribution in [-0.2, 0) is 14.8 Å². The average molecular weight is 418 g/mol. The van der Waals surface area contributed by atoms with Gasteiger partial charge in [0.2, 0.25) is 10.0 Å². The van der Waals surface area contributed by atoms with Gasteiger partial charge >= 0.3 is 5.97 Å². The fraction of sp³-hybridized carbons (Fsp3) is 0.409. The van der Waals surface area contributed by atoms with Crippen LogP contribution in [0.5, 0.6) is 5.75 Å². The molecule has 0 saturated heterocycles. The molecule has 0 bridgehead atoms. The molecule has 29 heavy (non-hydrogen) atoms. The van der Waals surface area contributed by atoms with Crippen molar-refractivity contribution >= 4 is 16.0 Å². The maximum atomic E-state index is 13.3. The van der Waals surface area contributed by atoms with Crippen LogP contribution in [0.25, 0.3) is 0 Å². The number of rotatable bonds is 6. The van der Waals surface area contributed by atoms with Gasteiger partial charge in [0.1, 0.15) is 11.4 Å². The molecular formula is C22H27NO5S. The summed E-state index contributed by atoms with van der Waals surface area (Å²) in [6, 6.07) is 11.6. The Morgan fingerprint density at radius 2 is 1.90 bits per heavy atom. The Morgan fingerprint density at radius 1 is 1.21 bits per heavy atom. The lowest BCUT2D eigenvalue weighted by atomic mass is 9.84. The third-order valence-electron chi connectivity index (χ3n) is 5.68. The first kappa shape index (κ1) is 21.3. The number of esters is 1. The summed E-state index contributed by atoms with van der Waals surface area (Å²) < 4.78 is 40.4. The van der Waals surface area contributed by atoms with Crippen molar-refractivity contribution in [2.75, 3.05) is 7.11 Å². The summed E-state index contributed by atoms with van der Waals surface area (Å²) in [5.41, 5.74) is 1.14. The Balaban J connectivity index is 2.01. The lowest BCUT2D eigenvalue weighted by Crippen LogP contribution is -2.44. The van der Waals surface area contributed by atoms with Crippen LogP contribution < -0.4 is 9.46 Å². The SMILES string of the molecule is CCC1(CC)C[C@@H](NS(=O)(=O)c2cc(C(=O)OC)ccc2C)c2ccccc2O1. The van der Waals surface area contributed by atoms with E-state index < -0.39 is 27.6 Å². The number of hydrogen-bond donors (Lipinski definition) is 1. The minimum atomic E-state index is -3.88. The van der Waals surface area contributed by atoms with Crippen molar-refractivity contribution in [3.05, 3.63) is 59.2 Å². The number of ether oxygens (including phenoxy) is 2. The summed E-state index contributed by atoms with van der Waals surface area (Å²) >= 11 is 0. The highest BCUT2D eigenvalue weighted by Gasteiger charge is 2.40. The van der Waals surface area contributed by atoms with Crippen LogP contribution >= 0.6 is 0 Å². The van der Waals surface area contributed by atoms with Crippen LogP contribution in [0.1, 0.15) is 60.6 Å². The van der Waals surface area contributed by atoms with Gasteiger partial charge in [-0.3, -0.25) is 0 Å². The van der Waals surface area contributed by atoms with Crippen molar-refractivity contribution < 1.29 is 22.7 Å². The number of aryl methyl sites for hydroxylation is 1. The number of carbonyl (C=O) groups excluding carboxylic acids is 1. The molecule has 1 N–H and O–H groups in total. The van der Waals surface area contributed by atoms with E-state index in [2.05, 4.69) is 4.72 Å². The van der Waals surface area contributed by atoms with E-state index in [1.165, 1.54) is 13.2 Å². The topological polar surface area (TPSA) is 81.7 Å². The van der Waals surface area contributed by atoms with Crippen LogP contribution in [0.2, 0.25) is 0 Å². The van der Waals surface area contributed by atoms with Gasteiger partial charge < -0.3 is 9.47 Å². The lowest BCUT2D eigenvalue weighted by molar-refractivity contribution is 0.0260. The predicted octanol–water partition coefficient (Wildman–Crippen LogP) is 4.14. The minimum absolute atomic E-state index is 0.0722. The van der Waals surface area contributed by atoms with E-state index in [4.69, 9.17) is 9.47 Å². The van der Waals surface area contributed by atoms with Gasteiger partial charge in [-0.05, 0) is 43.5 Å². The number of sulfonamides is 1. The van der Waals surface area contributed by atoms with Crippen LogP contribution in [-0.4, -0.2) is 27.1 Å². The summed E-state index contributed by atoms with van der Waals surface area (Å²) in [6.45, 7) is 5.80. The highest BCUT2D eigenvalue weighted by atomic mass is 32.2. The van der Waals surface area contributed by atoms with Gasteiger partial charge in [0.25, 0.3) is 0 Å². The Hall–Kier alpha value is -2.38. The van der Waals surface area contributed by atoms with Crippen molar-refractivity contribution in [3.63, 3.8) is 0 Å². The first-order valence-corrected chi connectivity index (χ1v) is 11.2. The second-order valence-corrected chi connectivity index (χ2v) is 9.06. The van der Waals surface area contributed by atoms with Crippen molar-refractivity contribution in [3.8, 4) is 5.75 Å². The minimum Gasteiger partial charge on any atom is -0.487 e. The Kier molecular flexibility index (Phi) is 6.00. The number of methoxy groups -OCH3 is 1. The second kappa shape index (κ2) is 8.16. The summed E-state index contributed by atoms with van der Waals surface area (Å²) in [5.74, 6) is 0.129. The molecule has 1 heterocycles. The lowest BCUT2D eigenvalue weighted by Gasteiger charge is -2.41. The molecule has 0 radical (unpaired) electrons. The van der Waals surface area contributed by atoms with E-state index in [0.717, 1.165) is 18.4 Å². The highest BCUT2D eigenvalue weighted by Crippen LogP contribution is 2.43.